The maximum absolute atomic E-state index is 3.68. The van der Waals surface area contributed by atoms with E-state index in [9.17, 15) is 0 Å². The van der Waals surface area contributed by atoms with Crippen LogP contribution in [0.2, 0.25) is 0 Å². The number of hydrogen-bond donors (Lipinski definition) is 2. The molecule has 0 rings (SSSR count). The minimum Gasteiger partial charge on any atom is -0.316 e. The van der Waals surface area contributed by atoms with Crippen LogP contribution in [0.3, 0.4) is 0 Å². The second kappa shape index (κ2) is 31.9. The Morgan fingerprint density at radius 3 is 1.12 bits per heavy atom. The summed E-state index contributed by atoms with van der Waals surface area (Å²) in [6.45, 7) is 14.3. The quantitative estimate of drug-likeness (QED) is 0.104. The lowest BCUT2D eigenvalue weighted by atomic mass is 9.99. The van der Waals surface area contributed by atoms with Gasteiger partial charge in [0, 0.05) is 0 Å². The van der Waals surface area contributed by atoms with Crippen LogP contribution in [0.1, 0.15) is 143 Å². The lowest BCUT2D eigenvalue weighted by molar-refractivity contribution is 0.426. The summed E-state index contributed by atoms with van der Waals surface area (Å²) in [6, 6.07) is 0. The van der Waals surface area contributed by atoms with Gasteiger partial charge in [0.05, 0.1) is 0 Å². The van der Waals surface area contributed by atoms with E-state index in [0.717, 1.165) is 11.8 Å². The van der Waals surface area contributed by atoms with Crippen LogP contribution in [0.4, 0.5) is 0 Å². The summed E-state index contributed by atoms with van der Waals surface area (Å²) in [5, 5.41) is 7.35. The minimum atomic E-state index is 0. The van der Waals surface area contributed by atoms with Crippen molar-refractivity contribution in [3.05, 3.63) is 0 Å². The van der Waals surface area contributed by atoms with Gasteiger partial charge in [-0.05, 0) is 63.7 Å². The molecule has 0 radical (unpaired) electrons. The molecule has 0 aromatic rings. The Morgan fingerprint density at radius 1 is 0.438 bits per heavy atom. The Hall–Kier alpha value is 0.880. The molecule has 0 spiro atoms. The highest BCUT2D eigenvalue weighted by Crippen LogP contribution is 2.14. The van der Waals surface area contributed by atoms with Crippen molar-refractivity contribution >= 4 is 34.0 Å². The van der Waals surface area contributed by atoms with Gasteiger partial charge in [-0.3, -0.25) is 0 Å². The van der Waals surface area contributed by atoms with Crippen molar-refractivity contribution in [1.82, 2.24) is 10.6 Å². The number of unbranched alkanes of at least 4 members (excludes halogenated alkanes) is 13. The van der Waals surface area contributed by atoms with E-state index in [2.05, 4.69) is 38.3 Å². The maximum Gasteiger partial charge on any atom is -0.00232 e. The molecule has 0 amide bonds. The Kier molecular flexibility index (Phi) is 37.3. The summed E-state index contributed by atoms with van der Waals surface area (Å²) in [5.74, 6) is 1.69. The summed E-state index contributed by atoms with van der Waals surface area (Å²) >= 11 is 0. The van der Waals surface area contributed by atoms with Gasteiger partial charge in [0.15, 0.2) is 0 Å². The fourth-order valence-electron chi connectivity index (χ4n) is 4.30. The van der Waals surface area contributed by atoms with Crippen LogP contribution in [0.15, 0.2) is 0 Å². The predicted octanol–water partition coefficient (Wildman–Crippen LogP) is 9.66. The van der Waals surface area contributed by atoms with Gasteiger partial charge in [0.25, 0.3) is 0 Å². The third-order valence-electron chi connectivity index (χ3n) is 6.54. The van der Waals surface area contributed by atoms with Gasteiger partial charge in [-0.2, -0.15) is 0 Å². The van der Waals surface area contributed by atoms with E-state index >= 15 is 0 Å². The lowest BCUT2D eigenvalue weighted by Gasteiger charge is -2.14. The average Bonchev–Trinajstić information content (AvgIpc) is 2.74. The zero-order valence-corrected chi connectivity index (χ0v) is 26.0. The molecule has 0 aromatic carbocycles. The molecule has 2 unspecified atom stereocenters. The van der Waals surface area contributed by atoms with Crippen molar-refractivity contribution in [1.29, 1.82) is 0 Å². The molecule has 0 aliphatic heterocycles. The third-order valence-corrected chi connectivity index (χ3v) is 6.54. The largest absolute Gasteiger partial charge is 0.316 e. The zero-order valence-electron chi connectivity index (χ0n) is 22.5. The molecule has 0 aliphatic carbocycles. The van der Waals surface area contributed by atoms with Crippen molar-refractivity contribution in [2.45, 2.75) is 143 Å². The van der Waals surface area contributed by atoms with Crippen molar-refractivity contribution in [3.8, 4) is 0 Å². The molecular weight excluding hydrogens is 524 g/mol. The lowest BCUT2D eigenvalue weighted by Crippen LogP contribution is -2.22. The van der Waals surface area contributed by atoms with Crippen molar-refractivity contribution in [3.63, 3.8) is 0 Å². The number of halogens is 2. The Balaban J connectivity index is -0.00000420. The second-order valence-electron chi connectivity index (χ2n) is 10.1. The molecule has 2 N–H and O–H groups in total. The Morgan fingerprint density at radius 2 is 0.750 bits per heavy atom. The first kappa shape index (κ1) is 37.4. The van der Waals surface area contributed by atoms with E-state index in [-0.39, 0.29) is 34.0 Å². The van der Waals surface area contributed by atoms with E-state index in [1.54, 1.807) is 0 Å². The van der Waals surface area contributed by atoms with Crippen LogP contribution in [-0.2, 0) is 0 Å². The molecule has 0 aromatic heterocycles. The SMILES string of the molecule is Br.Br.CCCCCCCCNCC(C)CCCCCCC(C)CNCCCCCCCC. The van der Waals surface area contributed by atoms with Gasteiger partial charge < -0.3 is 10.6 Å². The number of rotatable bonds is 25. The van der Waals surface area contributed by atoms with Gasteiger partial charge in [-0.25, -0.2) is 0 Å². The summed E-state index contributed by atoms with van der Waals surface area (Å²) < 4.78 is 0. The molecule has 0 aliphatic rings. The molecule has 0 saturated carbocycles. The van der Waals surface area contributed by atoms with Crippen LogP contribution in [-0.4, -0.2) is 26.2 Å². The zero-order chi connectivity index (χ0) is 22.1. The Bertz CT molecular complexity index is 286. The van der Waals surface area contributed by atoms with Crippen LogP contribution in [0, 0.1) is 11.8 Å². The molecule has 0 fully saturated rings. The van der Waals surface area contributed by atoms with Crippen molar-refractivity contribution in [2.24, 2.45) is 11.8 Å². The highest BCUT2D eigenvalue weighted by Gasteiger charge is 2.04. The molecule has 4 heteroatoms. The molecule has 32 heavy (non-hydrogen) atoms. The standard InChI is InChI=1S/C28H60N2.2BrH/c1-5-7-9-11-15-19-23-29-25-27(3)21-17-13-14-18-22-28(4)26-30-24-20-16-12-10-8-6-2;;/h27-30H,5-26H2,1-4H3;2*1H. The molecule has 0 heterocycles. The van der Waals surface area contributed by atoms with Crippen molar-refractivity contribution < 1.29 is 0 Å². The summed E-state index contributed by atoms with van der Waals surface area (Å²) in [7, 11) is 0. The first-order valence-electron chi connectivity index (χ1n) is 14.1. The molecule has 198 valence electrons. The minimum absolute atomic E-state index is 0. The van der Waals surface area contributed by atoms with Gasteiger partial charge in [0.2, 0.25) is 0 Å². The maximum atomic E-state index is 3.68. The monoisotopic (exact) mass is 584 g/mol. The van der Waals surface area contributed by atoms with Gasteiger partial charge in [0.1, 0.15) is 0 Å². The molecular formula is C28H62Br2N2. The van der Waals surface area contributed by atoms with Gasteiger partial charge in [-0.15, -0.1) is 34.0 Å². The number of hydrogen-bond acceptors (Lipinski definition) is 2. The van der Waals surface area contributed by atoms with Crippen LogP contribution >= 0.6 is 34.0 Å². The van der Waals surface area contributed by atoms with Gasteiger partial charge in [-0.1, -0.05) is 118 Å². The molecule has 0 bridgehead atoms. The number of nitrogens with one attached hydrogen (secondary N) is 2. The second-order valence-corrected chi connectivity index (χ2v) is 10.1. The normalized spacial score (nSPS) is 12.8. The predicted molar refractivity (Wildman–Crippen MR) is 159 cm³/mol. The third kappa shape index (κ3) is 30.9. The summed E-state index contributed by atoms with van der Waals surface area (Å²) in [5.41, 5.74) is 0. The van der Waals surface area contributed by atoms with E-state index in [0.29, 0.717) is 0 Å². The fraction of sp³-hybridized carbons (Fsp3) is 1.00. The first-order chi connectivity index (χ1) is 14.7. The Labute approximate surface area is 225 Å². The highest BCUT2D eigenvalue weighted by molar-refractivity contribution is 8.93. The van der Waals surface area contributed by atoms with E-state index in [1.807, 2.05) is 0 Å². The molecule has 0 saturated heterocycles. The van der Waals surface area contributed by atoms with Crippen LogP contribution in [0.5, 0.6) is 0 Å². The van der Waals surface area contributed by atoms with Crippen molar-refractivity contribution in [2.75, 3.05) is 26.2 Å². The molecule has 2 nitrogen and oxygen atoms in total. The van der Waals surface area contributed by atoms with E-state index < -0.39 is 0 Å². The highest BCUT2D eigenvalue weighted by atomic mass is 79.9. The van der Waals surface area contributed by atoms with Gasteiger partial charge >= 0.3 is 0 Å². The smallest absolute Gasteiger partial charge is 0.00232 e. The van der Waals surface area contributed by atoms with E-state index in [1.165, 1.54) is 142 Å². The van der Waals surface area contributed by atoms with E-state index in [4.69, 9.17) is 0 Å². The van der Waals surface area contributed by atoms with Crippen LogP contribution in [0.25, 0.3) is 0 Å². The topological polar surface area (TPSA) is 24.1 Å². The first-order valence-corrected chi connectivity index (χ1v) is 14.1. The summed E-state index contributed by atoms with van der Waals surface area (Å²) in [6.07, 6.45) is 25.3. The summed E-state index contributed by atoms with van der Waals surface area (Å²) in [4.78, 5) is 0. The molecule has 2 atom stereocenters. The fourth-order valence-corrected chi connectivity index (χ4v) is 4.30. The average molecular weight is 587 g/mol. The van der Waals surface area contributed by atoms with Crippen LogP contribution < -0.4 is 10.6 Å².